The zero-order chi connectivity index (χ0) is 17.9. The van der Waals surface area contributed by atoms with Crippen molar-refractivity contribution in [2.24, 2.45) is 0 Å². The molecular weight excluding hydrogens is 402 g/mol. The third-order valence-corrected chi connectivity index (χ3v) is 7.08. The maximum absolute atomic E-state index is 13.2. The average molecular weight is 424 g/mol. The highest BCUT2D eigenvalue weighted by atomic mass is 79.9. The predicted molar refractivity (Wildman–Crippen MR) is 102 cm³/mol. The molecule has 4 nitrogen and oxygen atoms in total. The first-order valence-electron chi connectivity index (χ1n) is 8.44. The second-order valence-corrected chi connectivity index (χ2v) is 9.01. The number of nitrogens with zero attached hydrogens (tertiary/aromatic N) is 1. The van der Waals surface area contributed by atoms with Crippen LogP contribution in [0.15, 0.2) is 57.9 Å². The topological polar surface area (TPSA) is 46.6 Å². The molecule has 1 aliphatic heterocycles. The third-order valence-electron chi connectivity index (χ3n) is 4.62. The Bertz CT molecular complexity index is 804. The van der Waals surface area contributed by atoms with Crippen LogP contribution in [0.3, 0.4) is 0 Å². The van der Waals surface area contributed by atoms with Crippen molar-refractivity contribution in [3.8, 4) is 5.75 Å². The van der Waals surface area contributed by atoms with Gasteiger partial charge in [-0.15, -0.1) is 0 Å². The lowest BCUT2D eigenvalue weighted by molar-refractivity contribution is 0.328. The Morgan fingerprint density at radius 3 is 2.32 bits per heavy atom. The van der Waals surface area contributed by atoms with Crippen LogP contribution < -0.4 is 4.74 Å². The Morgan fingerprint density at radius 2 is 1.68 bits per heavy atom. The zero-order valence-electron chi connectivity index (χ0n) is 14.2. The minimum atomic E-state index is -3.53. The van der Waals surface area contributed by atoms with E-state index in [0.717, 1.165) is 41.5 Å². The van der Waals surface area contributed by atoms with Gasteiger partial charge in [-0.3, -0.25) is 0 Å². The number of hydrogen-bond donors (Lipinski definition) is 0. The molecule has 25 heavy (non-hydrogen) atoms. The molecule has 0 radical (unpaired) electrons. The Morgan fingerprint density at radius 1 is 1.00 bits per heavy atom. The molecular formula is C19H22BrNO3S. The Hall–Kier alpha value is -1.37. The van der Waals surface area contributed by atoms with Gasteiger partial charge in [0.05, 0.1) is 18.0 Å². The van der Waals surface area contributed by atoms with Crippen molar-refractivity contribution in [3.63, 3.8) is 0 Å². The molecule has 0 amide bonds. The number of ether oxygens (including phenoxy) is 1. The average Bonchev–Trinajstić information content (AvgIpc) is 2.89. The first-order chi connectivity index (χ1) is 12.0. The molecule has 1 atom stereocenters. The van der Waals surface area contributed by atoms with Crippen LogP contribution in [-0.4, -0.2) is 26.4 Å². The van der Waals surface area contributed by atoms with E-state index in [2.05, 4.69) is 15.9 Å². The highest BCUT2D eigenvalue weighted by molar-refractivity contribution is 9.10. The standard InChI is InChI=1S/C19H22BrNO3S/c1-24-17-10-6-15(7-11-17)19-5-3-2-4-14-21(19)25(22,23)18-12-8-16(20)9-13-18/h6-13,19H,2-5,14H2,1H3/t19-/m1/s1. The van der Waals surface area contributed by atoms with E-state index in [-0.39, 0.29) is 6.04 Å². The normalized spacial score (nSPS) is 19.4. The van der Waals surface area contributed by atoms with E-state index in [1.54, 1.807) is 35.7 Å². The summed E-state index contributed by atoms with van der Waals surface area (Å²) in [4.78, 5) is 0.344. The fourth-order valence-electron chi connectivity index (χ4n) is 3.27. The van der Waals surface area contributed by atoms with Gasteiger partial charge in [-0.25, -0.2) is 8.42 Å². The summed E-state index contributed by atoms with van der Waals surface area (Å²) < 4.78 is 34.2. The zero-order valence-corrected chi connectivity index (χ0v) is 16.6. The van der Waals surface area contributed by atoms with Gasteiger partial charge in [0.15, 0.2) is 0 Å². The van der Waals surface area contributed by atoms with E-state index in [4.69, 9.17) is 4.74 Å². The molecule has 1 aliphatic rings. The quantitative estimate of drug-likeness (QED) is 0.711. The van der Waals surface area contributed by atoms with Crippen molar-refractivity contribution in [1.29, 1.82) is 0 Å². The van der Waals surface area contributed by atoms with Gasteiger partial charge in [-0.2, -0.15) is 4.31 Å². The number of halogens is 1. The summed E-state index contributed by atoms with van der Waals surface area (Å²) in [5.74, 6) is 0.777. The monoisotopic (exact) mass is 423 g/mol. The van der Waals surface area contributed by atoms with Gasteiger partial charge in [0.25, 0.3) is 0 Å². The van der Waals surface area contributed by atoms with Crippen LogP contribution in [0.4, 0.5) is 0 Å². The van der Waals surface area contributed by atoms with Crippen LogP contribution in [0.25, 0.3) is 0 Å². The molecule has 1 saturated heterocycles. The second-order valence-electron chi connectivity index (χ2n) is 6.21. The maximum atomic E-state index is 13.2. The third kappa shape index (κ3) is 4.07. The molecule has 2 aromatic carbocycles. The SMILES string of the molecule is COc1ccc([C@H]2CCCCCN2S(=O)(=O)c2ccc(Br)cc2)cc1. The summed E-state index contributed by atoms with van der Waals surface area (Å²) in [6.45, 7) is 0.551. The lowest BCUT2D eigenvalue weighted by Crippen LogP contribution is -2.34. The number of benzene rings is 2. The molecule has 1 fully saturated rings. The fraction of sp³-hybridized carbons (Fsp3) is 0.368. The summed E-state index contributed by atoms with van der Waals surface area (Å²) in [5.41, 5.74) is 1.02. The molecule has 0 unspecified atom stereocenters. The van der Waals surface area contributed by atoms with Crippen LogP contribution >= 0.6 is 15.9 Å². The smallest absolute Gasteiger partial charge is 0.243 e. The Kier molecular flexibility index (Phi) is 5.81. The summed E-state index contributed by atoms with van der Waals surface area (Å²) >= 11 is 3.36. The number of methoxy groups -OCH3 is 1. The first-order valence-corrected chi connectivity index (χ1v) is 10.7. The number of sulfonamides is 1. The molecule has 0 spiro atoms. The highest BCUT2D eigenvalue weighted by Gasteiger charge is 2.33. The first kappa shape index (κ1) is 18.4. The van der Waals surface area contributed by atoms with Crippen LogP contribution in [0.1, 0.15) is 37.3 Å². The Labute approximate surface area is 158 Å². The van der Waals surface area contributed by atoms with E-state index in [1.807, 2.05) is 24.3 Å². The van der Waals surface area contributed by atoms with Crippen LogP contribution in [-0.2, 0) is 10.0 Å². The number of hydrogen-bond acceptors (Lipinski definition) is 3. The van der Waals surface area contributed by atoms with E-state index >= 15 is 0 Å². The highest BCUT2D eigenvalue weighted by Crippen LogP contribution is 2.35. The van der Waals surface area contributed by atoms with Crippen molar-refractivity contribution >= 4 is 26.0 Å². The van der Waals surface area contributed by atoms with Crippen LogP contribution in [0, 0.1) is 0 Å². The van der Waals surface area contributed by atoms with Gasteiger partial charge >= 0.3 is 0 Å². The molecule has 0 aromatic heterocycles. The van der Waals surface area contributed by atoms with Gasteiger partial charge < -0.3 is 4.74 Å². The minimum absolute atomic E-state index is 0.137. The van der Waals surface area contributed by atoms with Crippen LogP contribution in [0.5, 0.6) is 5.75 Å². The fourth-order valence-corrected chi connectivity index (χ4v) is 5.22. The van der Waals surface area contributed by atoms with Crippen molar-refractivity contribution in [1.82, 2.24) is 4.31 Å². The van der Waals surface area contributed by atoms with Gasteiger partial charge in [-0.1, -0.05) is 40.9 Å². The molecule has 1 heterocycles. The van der Waals surface area contributed by atoms with E-state index in [9.17, 15) is 8.42 Å². The van der Waals surface area contributed by atoms with E-state index in [1.165, 1.54) is 0 Å². The van der Waals surface area contributed by atoms with Gasteiger partial charge in [0.1, 0.15) is 5.75 Å². The molecule has 0 aliphatic carbocycles. The van der Waals surface area contributed by atoms with Crippen molar-refractivity contribution in [3.05, 3.63) is 58.6 Å². The lowest BCUT2D eigenvalue weighted by atomic mass is 10.0. The van der Waals surface area contributed by atoms with Crippen molar-refractivity contribution in [2.45, 2.75) is 36.6 Å². The Balaban J connectivity index is 1.98. The largest absolute Gasteiger partial charge is 0.497 e. The molecule has 0 saturated carbocycles. The predicted octanol–water partition coefficient (Wildman–Crippen LogP) is 4.76. The lowest BCUT2D eigenvalue weighted by Gasteiger charge is -2.29. The van der Waals surface area contributed by atoms with Gasteiger partial charge in [0, 0.05) is 11.0 Å². The van der Waals surface area contributed by atoms with Crippen molar-refractivity contribution in [2.75, 3.05) is 13.7 Å². The van der Waals surface area contributed by atoms with E-state index in [0.29, 0.717) is 11.4 Å². The summed E-state index contributed by atoms with van der Waals surface area (Å²) in [6, 6.07) is 14.5. The minimum Gasteiger partial charge on any atom is -0.497 e. The maximum Gasteiger partial charge on any atom is 0.243 e. The van der Waals surface area contributed by atoms with Crippen molar-refractivity contribution < 1.29 is 13.2 Å². The second kappa shape index (κ2) is 7.89. The molecule has 6 heteroatoms. The molecule has 2 aromatic rings. The molecule has 134 valence electrons. The summed E-state index contributed by atoms with van der Waals surface area (Å²) in [7, 11) is -1.90. The van der Waals surface area contributed by atoms with Gasteiger partial charge in [0.2, 0.25) is 10.0 Å². The summed E-state index contributed by atoms with van der Waals surface area (Å²) in [6.07, 6.45) is 3.81. The molecule has 3 rings (SSSR count). The molecule has 0 N–H and O–H groups in total. The molecule has 0 bridgehead atoms. The number of rotatable bonds is 4. The summed E-state index contributed by atoms with van der Waals surface area (Å²) in [5, 5.41) is 0. The van der Waals surface area contributed by atoms with Crippen LogP contribution in [0.2, 0.25) is 0 Å². The van der Waals surface area contributed by atoms with Gasteiger partial charge in [-0.05, 0) is 54.8 Å². The van der Waals surface area contributed by atoms with E-state index < -0.39 is 10.0 Å².